The summed E-state index contributed by atoms with van der Waals surface area (Å²) < 4.78 is 26.4. The largest absolute Gasteiger partial charge is 0.333 e. The fraction of sp³-hybridized carbons (Fsp3) is 0.611. The Hall–Kier alpha value is -1.40. The van der Waals surface area contributed by atoms with E-state index in [9.17, 15) is 13.2 Å². The third-order valence-corrected chi connectivity index (χ3v) is 6.94. The van der Waals surface area contributed by atoms with Gasteiger partial charge in [-0.3, -0.25) is 4.79 Å². The molecule has 134 valence electrons. The average Bonchev–Trinajstić information content (AvgIpc) is 2.55. The minimum absolute atomic E-state index is 0.0125. The molecule has 0 saturated carbocycles. The van der Waals surface area contributed by atoms with E-state index in [4.69, 9.17) is 0 Å². The van der Waals surface area contributed by atoms with Gasteiger partial charge in [0.05, 0.1) is 4.90 Å². The van der Waals surface area contributed by atoms with Gasteiger partial charge in [0, 0.05) is 30.7 Å². The van der Waals surface area contributed by atoms with Crippen LogP contribution in [-0.2, 0) is 10.0 Å². The summed E-state index contributed by atoms with van der Waals surface area (Å²) in [5, 5.41) is 0. The number of sulfonamides is 1. The van der Waals surface area contributed by atoms with E-state index in [0.717, 1.165) is 19.3 Å². The topological polar surface area (TPSA) is 57.7 Å². The molecule has 1 aromatic rings. The van der Waals surface area contributed by atoms with Crippen LogP contribution >= 0.6 is 0 Å². The van der Waals surface area contributed by atoms with Crippen LogP contribution in [0.4, 0.5) is 0 Å². The van der Waals surface area contributed by atoms with Gasteiger partial charge in [0.2, 0.25) is 10.0 Å². The lowest BCUT2D eigenvalue weighted by atomic mass is 9.96. The number of likely N-dealkylation sites (tertiary alicyclic amines) is 1. The highest BCUT2D eigenvalue weighted by atomic mass is 32.2. The molecule has 2 atom stereocenters. The van der Waals surface area contributed by atoms with Crippen molar-refractivity contribution in [2.45, 2.75) is 63.9 Å². The molecule has 0 N–H and O–H groups in total. The molecule has 0 spiro atoms. The molecule has 1 heterocycles. The lowest BCUT2D eigenvalue weighted by molar-refractivity contribution is 0.0510. The number of carbonyl (C=O) groups excluding carboxylic acids is 1. The quantitative estimate of drug-likeness (QED) is 0.818. The molecule has 0 radical (unpaired) electrons. The fourth-order valence-electron chi connectivity index (χ4n) is 3.45. The van der Waals surface area contributed by atoms with Crippen molar-refractivity contribution in [3.8, 4) is 0 Å². The van der Waals surface area contributed by atoms with Crippen molar-refractivity contribution in [1.82, 2.24) is 9.21 Å². The predicted molar refractivity (Wildman–Crippen MR) is 95.5 cm³/mol. The normalized spacial score (nSPS) is 22.0. The third-order valence-electron chi connectivity index (χ3n) is 4.87. The number of rotatable bonds is 5. The monoisotopic (exact) mass is 352 g/mol. The summed E-state index contributed by atoms with van der Waals surface area (Å²) in [6.45, 7) is 8.65. The number of amides is 1. The summed E-state index contributed by atoms with van der Waals surface area (Å²) in [7, 11) is -3.48. The molecule has 0 aliphatic carbocycles. The van der Waals surface area contributed by atoms with Crippen LogP contribution in [-0.4, -0.2) is 48.7 Å². The second-order valence-electron chi connectivity index (χ2n) is 6.46. The first-order chi connectivity index (χ1) is 11.3. The molecule has 1 amide bonds. The van der Waals surface area contributed by atoms with Crippen LogP contribution in [0.3, 0.4) is 0 Å². The van der Waals surface area contributed by atoms with Crippen molar-refractivity contribution in [3.63, 3.8) is 0 Å². The Bertz CT molecular complexity index is 656. The van der Waals surface area contributed by atoms with Gasteiger partial charge in [0.15, 0.2) is 0 Å². The molecule has 2 rings (SSSR count). The first-order valence-electron chi connectivity index (χ1n) is 8.75. The van der Waals surface area contributed by atoms with Gasteiger partial charge in [-0.15, -0.1) is 0 Å². The zero-order valence-corrected chi connectivity index (χ0v) is 15.8. The van der Waals surface area contributed by atoms with Crippen LogP contribution in [0.15, 0.2) is 29.2 Å². The number of carbonyl (C=O) groups is 1. The Labute approximate surface area is 145 Å². The number of hydrogen-bond acceptors (Lipinski definition) is 3. The van der Waals surface area contributed by atoms with E-state index in [0.29, 0.717) is 18.7 Å². The van der Waals surface area contributed by atoms with Gasteiger partial charge >= 0.3 is 0 Å². The maximum absolute atomic E-state index is 12.8. The highest BCUT2D eigenvalue weighted by Gasteiger charge is 2.30. The number of piperidine rings is 1. The molecule has 0 unspecified atom stereocenters. The van der Waals surface area contributed by atoms with Crippen molar-refractivity contribution in [2.24, 2.45) is 0 Å². The Morgan fingerprint density at radius 3 is 2.04 bits per heavy atom. The van der Waals surface area contributed by atoms with E-state index in [1.807, 2.05) is 18.7 Å². The maximum Gasteiger partial charge on any atom is 0.254 e. The molecular formula is C18H28N2O3S. The smallest absolute Gasteiger partial charge is 0.254 e. The van der Waals surface area contributed by atoms with E-state index in [-0.39, 0.29) is 22.9 Å². The van der Waals surface area contributed by atoms with E-state index >= 15 is 0 Å². The molecule has 0 aromatic heterocycles. The summed E-state index contributed by atoms with van der Waals surface area (Å²) in [6.07, 6.45) is 3.18. The lowest BCUT2D eigenvalue weighted by Gasteiger charge is -2.39. The molecule has 24 heavy (non-hydrogen) atoms. The minimum Gasteiger partial charge on any atom is -0.333 e. The van der Waals surface area contributed by atoms with Crippen molar-refractivity contribution in [2.75, 3.05) is 13.1 Å². The summed E-state index contributed by atoms with van der Waals surface area (Å²) >= 11 is 0. The summed E-state index contributed by atoms with van der Waals surface area (Å²) in [4.78, 5) is 15.0. The SMILES string of the molecule is CCN(CC)S(=O)(=O)c1ccc(C(=O)N2[C@@H](C)CCC[C@@H]2C)cc1. The summed E-state index contributed by atoms with van der Waals surface area (Å²) in [5.74, 6) is -0.0125. The van der Waals surface area contributed by atoms with Gasteiger partial charge < -0.3 is 4.90 Å². The predicted octanol–water partition coefficient (Wildman–Crippen LogP) is 3.12. The van der Waals surface area contributed by atoms with E-state index in [2.05, 4.69) is 13.8 Å². The van der Waals surface area contributed by atoms with Crippen LogP contribution in [0.1, 0.15) is 57.3 Å². The van der Waals surface area contributed by atoms with Crippen molar-refractivity contribution >= 4 is 15.9 Å². The van der Waals surface area contributed by atoms with Crippen molar-refractivity contribution < 1.29 is 13.2 Å². The fourth-order valence-corrected chi connectivity index (χ4v) is 4.91. The van der Waals surface area contributed by atoms with Gasteiger partial charge in [0.25, 0.3) is 5.91 Å². The molecule has 1 aliphatic heterocycles. The van der Waals surface area contributed by atoms with Gasteiger partial charge in [-0.2, -0.15) is 4.31 Å². The molecular weight excluding hydrogens is 324 g/mol. The molecule has 1 fully saturated rings. The molecule has 6 heteroatoms. The Morgan fingerprint density at radius 1 is 1.08 bits per heavy atom. The maximum atomic E-state index is 12.8. The van der Waals surface area contributed by atoms with Crippen LogP contribution in [0.5, 0.6) is 0 Å². The molecule has 1 aromatic carbocycles. The zero-order valence-electron chi connectivity index (χ0n) is 15.0. The standard InChI is InChI=1S/C18H28N2O3S/c1-5-19(6-2)24(22,23)17-12-10-16(11-13-17)18(21)20-14(3)8-7-9-15(20)4/h10-15H,5-9H2,1-4H3/t14-,15-/m0/s1. The first-order valence-corrected chi connectivity index (χ1v) is 10.2. The van der Waals surface area contributed by atoms with Gasteiger partial charge in [0.1, 0.15) is 0 Å². The number of benzene rings is 1. The van der Waals surface area contributed by atoms with E-state index in [1.54, 1.807) is 24.3 Å². The van der Waals surface area contributed by atoms with Gasteiger partial charge in [-0.05, 0) is 57.4 Å². The Balaban J connectivity index is 2.24. The Kier molecular flexibility index (Phi) is 6.04. The van der Waals surface area contributed by atoms with E-state index < -0.39 is 10.0 Å². The highest BCUT2D eigenvalue weighted by Crippen LogP contribution is 2.25. The third kappa shape index (κ3) is 3.64. The van der Waals surface area contributed by atoms with Crippen LogP contribution in [0.2, 0.25) is 0 Å². The summed E-state index contributed by atoms with van der Waals surface area (Å²) in [6, 6.07) is 6.79. The molecule has 1 aliphatic rings. The Morgan fingerprint density at radius 2 is 1.58 bits per heavy atom. The zero-order chi connectivity index (χ0) is 17.9. The molecule has 0 bridgehead atoms. The number of hydrogen-bond donors (Lipinski definition) is 0. The van der Waals surface area contributed by atoms with Crippen LogP contribution < -0.4 is 0 Å². The van der Waals surface area contributed by atoms with Crippen molar-refractivity contribution in [3.05, 3.63) is 29.8 Å². The van der Waals surface area contributed by atoms with Gasteiger partial charge in [-0.25, -0.2) is 8.42 Å². The summed E-state index contributed by atoms with van der Waals surface area (Å²) in [5.41, 5.74) is 0.550. The van der Waals surface area contributed by atoms with Crippen molar-refractivity contribution in [1.29, 1.82) is 0 Å². The average molecular weight is 353 g/mol. The second-order valence-corrected chi connectivity index (χ2v) is 8.39. The molecule has 1 saturated heterocycles. The van der Waals surface area contributed by atoms with Crippen LogP contribution in [0, 0.1) is 0 Å². The first kappa shape index (κ1) is 18.9. The van der Waals surface area contributed by atoms with Gasteiger partial charge in [-0.1, -0.05) is 13.8 Å². The molecule has 5 nitrogen and oxygen atoms in total. The second kappa shape index (κ2) is 7.66. The lowest BCUT2D eigenvalue weighted by Crippen LogP contribution is -2.47. The van der Waals surface area contributed by atoms with E-state index in [1.165, 1.54) is 4.31 Å². The highest BCUT2D eigenvalue weighted by molar-refractivity contribution is 7.89. The van der Waals surface area contributed by atoms with Crippen LogP contribution in [0.25, 0.3) is 0 Å². The number of nitrogens with zero attached hydrogens (tertiary/aromatic N) is 2. The minimum atomic E-state index is -3.48.